The Labute approximate surface area is 149 Å². The summed E-state index contributed by atoms with van der Waals surface area (Å²) in [4.78, 5) is 20.2. The lowest BCUT2D eigenvalue weighted by molar-refractivity contribution is -0.115. The highest BCUT2D eigenvalue weighted by molar-refractivity contribution is 8.00. The molecule has 0 bridgehead atoms. The highest BCUT2D eigenvalue weighted by atomic mass is 32.2. The Morgan fingerprint density at radius 3 is 2.64 bits per heavy atom. The number of rotatable bonds is 4. The molecule has 4 nitrogen and oxygen atoms in total. The standard InChI is InChI=1S/C20H17N3OS/c1-13(25-20-22-17-8-4-5-9-18(17)23-20)19(24)21-16-11-10-14-6-2-3-7-15(14)12-16/h2-13H,1H3,(H,21,24)(H,22,23)/t13-/m1/s1. The predicted octanol–water partition coefficient (Wildman–Crippen LogP) is 4.84. The first kappa shape index (κ1) is 15.7. The molecule has 25 heavy (non-hydrogen) atoms. The quantitative estimate of drug-likeness (QED) is 0.520. The summed E-state index contributed by atoms with van der Waals surface area (Å²) < 4.78 is 0. The number of benzene rings is 3. The van der Waals surface area contributed by atoms with Crippen molar-refractivity contribution in [2.45, 2.75) is 17.3 Å². The van der Waals surface area contributed by atoms with E-state index in [1.807, 2.05) is 67.6 Å². The van der Waals surface area contributed by atoms with E-state index in [-0.39, 0.29) is 11.2 Å². The van der Waals surface area contributed by atoms with Crippen molar-refractivity contribution in [1.82, 2.24) is 9.97 Å². The zero-order valence-corrected chi connectivity index (χ0v) is 14.5. The van der Waals surface area contributed by atoms with Gasteiger partial charge in [0.1, 0.15) is 0 Å². The average Bonchev–Trinajstić information content (AvgIpc) is 3.03. The van der Waals surface area contributed by atoms with Crippen LogP contribution in [0.3, 0.4) is 0 Å². The van der Waals surface area contributed by atoms with Crippen LogP contribution in [0.15, 0.2) is 71.9 Å². The Morgan fingerprint density at radius 2 is 1.80 bits per heavy atom. The Kier molecular flexibility index (Phi) is 4.15. The molecule has 0 spiro atoms. The van der Waals surface area contributed by atoms with Crippen LogP contribution < -0.4 is 5.32 Å². The van der Waals surface area contributed by atoms with Crippen LogP contribution in [0.2, 0.25) is 0 Å². The maximum atomic E-state index is 12.5. The van der Waals surface area contributed by atoms with Crippen molar-refractivity contribution in [3.63, 3.8) is 0 Å². The lowest BCUT2D eigenvalue weighted by Gasteiger charge is -2.11. The summed E-state index contributed by atoms with van der Waals surface area (Å²) in [7, 11) is 0. The van der Waals surface area contributed by atoms with E-state index in [4.69, 9.17) is 0 Å². The van der Waals surface area contributed by atoms with Crippen LogP contribution in [0, 0.1) is 0 Å². The van der Waals surface area contributed by atoms with Gasteiger partial charge in [-0.3, -0.25) is 4.79 Å². The number of amides is 1. The van der Waals surface area contributed by atoms with Gasteiger partial charge in [0.05, 0.1) is 16.3 Å². The summed E-state index contributed by atoms with van der Waals surface area (Å²) in [6.45, 7) is 1.88. The van der Waals surface area contributed by atoms with Crippen molar-refractivity contribution in [2.24, 2.45) is 0 Å². The van der Waals surface area contributed by atoms with Gasteiger partial charge >= 0.3 is 0 Å². The maximum absolute atomic E-state index is 12.5. The molecule has 0 radical (unpaired) electrons. The van der Waals surface area contributed by atoms with Crippen molar-refractivity contribution in [2.75, 3.05) is 5.32 Å². The number of hydrogen-bond donors (Lipinski definition) is 2. The van der Waals surface area contributed by atoms with Gasteiger partial charge in [-0.2, -0.15) is 0 Å². The molecule has 3 aromatic carbocycles. The second-order valence-corrected chi connectivity index (χ2v) is 7.20. The van der Waals surface area contributed by atoms with E-state index in [2.05, 4.69) is 21.4 Å². The summed E-state index contributed by atoms with van der Waals surface area (Å²) >= 11 is 1.42. The molecule has 5 heteroatoms. The van der Waals surface area contributed by atoms with E-state index in [9.17, 15) is 4.79 Å². The molecule has 4 aromatic rings. The van der Waals surface area contributed by atoms with Crippen molar-refractivity contribution in [3.05, 3.63) is 66.7 Å². The Balaban J connectivity index is 1.47. The van der Waals surface area contributed by atoms with Crippen LogP contribution in [-0.2, 0) is 4.79 Å². The average molecular weight is 347 g/mol. The molecule has 124 valence electrons. The number of anilines is 1. The molecule has 1 aromatic heterocycles. The van der Waals surface area contributed by atoms with Crippen LogP contribution in [0.4, 0.5) is 5.69 Å². The third kappa shape index (κ3) is 3.37. The van der Waals surface area contributed by atoms with E-state index in [1.54, 1.807) is 0 Å². The first-order valence-corrected chi connectivity index (χ1v) is 8.98. The van der Waals surface area contributed by atoms with Crippen molar-refractivity contribution in [3.8, 4) is 0 Å². The van der Waals surface area contributed by atoms with Crippen LogP contribution in [0.5, 0.6) is 0 Å². The Hall–Kier alpha value is -2.79. The first-order valence-electron chi connectivity index (χ1n) is 8.10. The third-order valence-corrected chi connectivity index (χ3v) is 5.03. The van der Waals surface area contributed by atoms with E-state index < -0.39 is 0 Å². The maximum Gasteiger partial charge on any atom is 0.237 e. The van der Waals surface area contributed by atoms with Gasteiger partial charge < -0.3 is 10.3 Å². The van der Waals surface area contributed by atoms with Gasteiger partial charge in [-0.25, -0.2) is 4.98 Å². The predicted molar refractivity (Wildman–Crippen MR) is 104 cm³/mol. The first-order chi connectivity index (χ1) is 12.2. The number of imidazole rings is 1. The molecule has 1 atom stereocenters. The molecule has 0 saturated heterocycles. The number of aromatic nitrogens is 2. The van der Waals surface area contributed by atoms with Gasteiger partial charge in [0.25, 0.3) is 0 Å². The van der Waals surface area contributed by atoms with Gasteiger partial charge in [-0.05, 0) is 42.0 Å². The van der Waals surface area contributed by atoms with Gasteiger partial charge in [0.15, 0.2) is 5.16 Å². The molecule has 0 aliphatic heterocycles. The number of hydrogen-bond acceptors (Lipinski definition) is 3. The van der Waals surface area contributed by atoms with Crippen LogP contribution in [-0.4, -0.2) is 21.1 Å². The van der Waals surface area contributed by atoms with E-state index >= 15 is 0 Å². The largest absolute Gasteiger partial charge is 0.333 e. The molecule has 1 heterocycles. The van der Waals surface area contributed by atoms with E-state index in [0.717, 1.165) is 32.6 Å². The number of carbonyl (C=O) groups excluding carboxylic acids is 1. The lowest BCUT2D eigenvalue weighted by atomic mass is 10.1. The fourth-order valence-corrected chi connectivity index (χ4v) is 3.54. The van der Waals surface area contributed by atoms with Crippen LogP contribution >= 0.6 is 11.8 Å². The molecule has 0 fully saturated rings. The number of para-hydroxylation sites is 2. The minimum absolute atomic E-state index is 0.0410. The summed E-state index contributed by atoms with van der Waals surface area (Å²) in [5, 5.41) is 5.75. The van der Waals surface area contributed by atoms with Gasteiger partial charge in [0.2, 0.25) is 5.91 Å². The van der Waals surface area contributed by atoms with Crippen molar-refractivity contribution >= 4 is 45.2 Å². The van der Waals surface area contributed by atoms with Gasteiger partial charge in [-0.15, -0.1) is 0 Å². The number of thioether (sulfide) groups is 1. The molecule has 2 N–H and O–H groups in total. The highest BCUT2D eigenvalue weighted by Crippen LogP contribution is 2.25. The smallest absolute Gasteiger partial charge is 0.237 e. The minimum Gasteiger partial charge on any atom is -0.333 e. The second kappa shape index (κ2) is 6.61. The Bertz CT molecular complexity index is 1020. The van der Waals surface area contributed by atoms with E-state index in [1.165, 1.54) is 11.8 Å². The molecule has 0 saturated carbocycles. The molecule has 4 rings (SSSR count). The monoisotopic (exact) mass is 347 g/mol. The van der Waals surface area contributed by atoms with Gasteiger partial charge in [-0.1, -0.05) is 54.2 Å². The van der Waals surface area contributed by atoms with Crippen molar-refractivity contribution < 1.29 is 4.79 Å². The zero-order valence-electron chi connectivity index (χ0n) is 13.7. The summed E-state index contributed by atoms with van der Waals surface area (Å²) in [5.74, 6) is -0.0410. The molecule has 0 unspecified atom stereocenters. The Morgan fingerprint density at radius 1 is 1.04 bits per heavy atom. The third-order valence-electron chi connectivity index (χ3n) is 4.04. The highest BCUT2D eigenvalue weighted by Gasteiger charge is 2.17. The van der Waals surface area contributed by atoms with Crippen LogP contribution in [0.1, 0.15) is 6.92 Å². The molecule has 0 aliphatic rings. The van der Waals surface area contributed by atoms with Crippen LogP contribution in [0.25, 0.3) is 21.8 Å². The number of nitrogens with zero attached hydrogens (tertiary/aromatic N) is 1. The summed E-state index contributed by atoms with van der Waals surface area (Å²) in [6.07, 6.45) is 0. The summed E-state index contributed by atoms with van der Waals surface area (Å²) in [6, 6.07) is 21.9. The lowest BCUT2D eigenvalue weighted by Crippen LogP contribution is -2.22. The minimum atomic E-state index is -0.257. The normalized spacial score (nSPS) is 12.4. The second-order valence-electron chi connectivity index (χ2n) is 5.87. The fraction of sp³-hybridized carbons (Fsp3) is 0.100. The number of aromatic amines is 1. The number of H-pyrrole nitrogens is 1. The zero-order chi connectivity index (χ0) is 17.2. The number of nitrogens with one attached hydrogen (secondary N) is 2. The molecular formula is C20H17N3OS. The molecular weight excluding hydrogens is 330 g/mol. The molecule has 1 amide bonds. The fourth-order valence-electron chi connectivity index (χ4n) is 2.72. The topological polar surface area (TPSA) is 57.8 Å². The molecule has 0 aliphatic carbocycles. The van der Waals surface area contributed by atoms with E-state index in [0.29, 0.717) is 0 Å². The number of fused-ring (bicyclic) bond motifs is 2. The SMILES string of the molecule is C[C@@H](Sc1nc2ccccc2[nH]1)C(=O)Nc1ccc2ccccc2c1. The number of carbonyl (C=O) groups is 1. The summed E-state index contributed by atoms with van der Waals surface area (Å²) in [5.41, 5.74) is 2.69. The van der Waals surface area contributed by atoms with Gasteiger partial charge in [0, 0.05) is 5.69 Å². The van der Waals surface area contributed by atoms with Crippen molar-refractivity contribution in [1.29, 1.82) is 0 Å².